The highest BCUT2D eigenvalue weighted by atomic mass is 15.3. The fourth-order valence-electron chi connectivity index (χ4n) is 5.98. The average Bonchev–Trinajstić information content (AvgIpc) is 3.46. The molecule has 4 heteroatoms. The lowest BCUT2D eigenvalue weighted by Crippen LogP contribution is -2.55. The molecule has 0 saturated heterocycles. The number of nitrogens with one attached hydrogen (secondary N) is 1. The second-order valence-corrected chi connectivity index (χ2v) is 9.08. The molecule has 0 atom stereocenters. The number of H-pyrrole nitrogens is 1. The summed E-state index contributed by atoms with van der Waals surface area (Å²) in [6, 6.07) is 41.6. The first kappa shape index (κ1) is 18.0. The van der Waals surface area contributed by atoms with E-state index in [1.807, 2.05) is 0 Å². The smallest absolute Gasteiger partial charge is 0.360 e. The highest BCUT2D eigenvalue weighted by molar-refractivity contribution is 6.86. The van der Waals surface area contributed by atoms with Crippen molar-refractivity contribution < 1.29 is 0 Å². The van der Waals surface area contributed by atoms with Crippen LogP contribution in [0.3, 0.4) is 0 Å². The Balaban J connectivity index is 1.53. The molecule has 1 N–H and O–H groups in total. The van der Waals surface area contributed by atoms with E-state index in [0.717, 1.165) is 0 Å². The predicted molar refractivity (Wildman–Crippen MR) is 144 cm³/mol. The normalized spacial score (nSPS) is 13.7. The van der Waals surface area contributed by atoms with Crippen LogP contribution >= 0.6 is 0 Å². The van der Waals surface area contributed by atoms with Crippen molar-refractivity contribution >= 4 is 57.0 Å². The van der Waals surface area contributed by atoms with Crippen LogP contribution in [0.5, 0.6) is 0 Å². The largest absolute Gasteiger partial charge is 0.421 e. The molecule has 34 heavy (non-hydrogen) atoms. The molecule has 3 heterocycles. The van der Waals surface area contributed by atoms with Gasteiger partial charge in [0, 0.05) is 33.2 Å². The molecular formula is C30H20BN3. The maximum Gasteiger partial charge on any atom is 0.421 e. The summed E-state index contributed by atoms with van der Waals surface area (Å²) >= 11 is 0. The van der Waals surface area contributed by atoms with Gasteiger partial charge in [-0.15, -0.1) is 0 Å². The van der Waals surface area contributed by atoms with E-state index >= 15 is 0 Å². The quantitative estimate of drug-likeness (QED) is 0.283. The molecule has 0 saturated carbocycles. The van der Waals surface area contributed by atoms with Crippen LogP contribution in [-0.2, 0) is 0 Å². The third kappa shape index (κ3) is 2.22. The van der Waals surface area contributed by atoms with Crippen LogP contribution in [0.1, 0.15) is 0 Å². The van der Waals surface area contributed by atoms with Crippen LogP contribution in [0.25, 0.3) is 32.9 Å². The van der Waals surface area contributed by atoms with Gasteiger partial charge in [-0.2, -0.15) is 0 Å². The van der Waals surface area contributed by atoms with Crippen molar-refractivity contribution in [3.63, 3.8) is 0 Å². The number of anilines is 4. The zero-order chi connectivity index (χ0) is 22.2. The lowest BCUT2D eigenvalue weighted by Gasteiger charge is -2.36. The Hall–Kier alpha value is -4.44. The van der Waals surface area contributed by atoms with Crippen LogP contribution in [0.15, 0.2) is 115 Å². The number of rotatable bonds is 1. The van der Waals surface area contributed by atoms with E-state index in [9.17, 15) is 0 Å². The molecule has 0 unspecified atom stereocenters. The maximum absolute atomic E-state index is 3.77. The van der Waals surface area contributed by atoms with Crippen molar-refractivity contribution in [3.8, 4) is 11.1 Å². The highest BCUT2D eigenvalue weighted by Gasteiger charge is 2.48. The first-order valence-electron chi connectivity index (χ1n) is 11.8. The number of para-hydroxylation sites is 3. The molecule has 0 spiro atoms. The highest BCUT2D eigenvalue weighted by Crippen LogP contribution is 2.53. The minimum absolute atomic E-state index is 0.0421. The molecule has 0 bridgehead atoms. The summed E-state index contributed by atoms with van der Waals surface area (Å²) in [7, 11) is 0. The van der Waals surface area contributed by atoms with Gasteiger partial charge >= 0.3 is 6.98 Å². The van der Waals surface area contributed by atoms with Crippen molar-refractivity contribution in [1.29, 1.82) is 0 Å². The monoisotopic (exact) mass is 433 g/mol. The summed E-state index contributed by atoms with van der Waals surface area (Å²) < 4.78 is 0. The van der Waals surface area contributed by atoms with Gasteiger partial charge in [-0.1, -0.05) is 84.9 Å². The van der Waals surface area contributed by atoms with E-state index in [2.05, 4.69) is 130 Å². The number of hydrogen-bond donors (Lipinski definition) is 1. The molecule has 3 nitrogen and oxygen atoms in total. The zero-order valence-corrected chi connectivity index (χ0v) is 18.4. The minimum Gasteiger partial charge on any atom is -0.360 e. The Kier molecular flexibility index (Phi) is 3.48. The second kappa shape index (κ2) is 6.55. The summed E-state index contributed by atoms with van der Waals surface area (Å²) in [5, 5.41) is 2.53. The third-order valence-corrected chi connectivity index (χ3v) is 7.35. The SMILES string of the molecule is c1ccc(N2B3c4ccccc4-c4ccccc4N3c3c2ccc2c3[nH]c3ccccc32)cc1. The van der Waals surface area contributed by atoms with Gasteiger partial charge < -0.3 is 14.6 Å². The zero-order valence-electron chi connectivity index (χ0n) is 18.4. The van der Waals surface area contributed by atoms with E-state index in [4.69, 9.17) is 0 Å². The number of benzene rings is 5. The molecule has 0 amide bonds. The first-order valence-corrected chi connectivity index (χ1v) is 11.8. The Morgan fingerprint density at radius 2 is 1.26 bits per heavy atom. The molecule has 0 aliphatic carbocycles. The number of aromatic nitrogens is 1. The molecule has 8 rings (SSSR count). The van der Waals surface area contributed by atoms with E-state index in [-0.39, 0.29) is 6.98 Å². The van der Waals surface area contributed by atoms with E-state index in [1.165, 1.54) is 61.1 Å². The molecule has 2 aliphatic heterocycles. The third-order valence-electron chi connectivity index (χ3n) is 7.35. The van der Waals surface area contributed by atoms with Gasteiger partial charge in [-0.05, 0) is 41.4 Å². The number of nitrogens with zero attached hydrogens (tertiary/aromatic N) is 2. The van der Waals surface area contributed by atoms with Crippen LogP contribution in [0, 0.1) is 0 Å². The van der Waals surface area contributed by atoms with Gasteiger partial charge in [0.1, 0.15) is 0 Å². The standard InChI is InChI=1S/C30H20BN3/c1-2-10-20(11-3-1)33-28-19-18-24-22-13-5-8-16-26(22)32-29(24)30(28)34-27-17-9-6-14-23(27)21-12-4-7-15-25(21)31(33)34/h1-19,32H. The summed E-state index contributed by atoms with van der Waals surface area (Å²) in [5.74, 6) is 0. The fourth-order valence-corrected chi connectivity index (χ4v) is 5.98. The van der Waals surface area contributed by atoms with Gasteiger partial charge in [0.15, 0.2) is 0 Å². The van der Waals surface area contributed by atoms with Crippen LogP contribution in [-0.4, -0.2) is 12.0 Å². The molecule has 158 valence electrons. The van der Waals surface area contributed by atoms with E-state index in [1.54, 1.807) is 0 Å². The lowest BCUT2D eigenvalue weighted by atomic mass is 9.59. The Morgan fingerprint density at radius 3 is 2.18 bits per heavy atom. The van der Waals surface area contributed by atoms with Crippen LogP contribution < -0.4 is 15.1 Å². The Labute approximate surface area is 198 Å². The molecule has 5 aromatic carbocycles. The molecule has 0 fully saturated rings. The molecule has 1 aromatic heterocycles. The van der Waals surface area contributed by atoms with Crippen LogP contribution in [0.2, 0.25) is 0 Å². The lowest BCUT2D eigenvalue weighted by molar-refractivity contribution is 1.37. The van der Waals surface area contributed by atoms with Gasteiger partial charge in [0.25, 0.3) is 0 Å². The average molecular weight is 433 g/mol. The topological polar surface area (TPSA) is 22.3 Å². The van der Waals surface area contributed by atoms with Gasteiger partial charge in [-0.3, -0.25) is 0 Å². The van der Waals surface area contributed by atoms with Crippen molar-refractivity contribution in [2.24, 2.45) is 0 Å². The van der Waals surface area contributed by atoms with Crippen molar-refractivity contribution in [2.75, 3.05) is 9.62 Å². The Morgan fingerprint density at radius 1 is 0.529 bits per heavy atom. The van der Waals surface area contributed by atoms with Gasteiger partial charge in [0.2, 0.25) is 0 Å². The molecule has 6 aromatic rings. The summed E-state index contributed by atoms with van der Waals surface area (Å²) in [6.07, 6.45) is 0. The predicted octanol–water partition coefficient (Wildman–Crippen LogP) is 6.99. The van der Waals surface area contributed by atoms with Crippen molar-refractivity contribution in [2.45, 2.75) is 0 Å². The fraction of sp³-hybridized carbons (Fsp3) is 0. The molecule has 2 aliphatic rings. The van der Waals surface area contributed by atoms with Gasteiger partial charge in [0.05, 0.1) is 16.9 Å². The van der Waals surface area contributed by atoms with E-state index in [0.29, 0.717) is 0 Å². The molecule has 0 radical (unpaired) electrons. The number of aromatic amines is 1. The Bertz CT molecular complexity index is 1740. The summed E-state index contributed by atoms with van der Waals surface area (Å²) in [5.41, 5.74) is 11.2. The number of fused-ring (bicyclic) bond motifs is 12. The summed E-state index contributed by atoms with van der Waals surface area (Å²) in [6.45, 7) is 0.0421. The van der Waals surface area contributed by atoms with Crippen molar-refractivity contribution in [1.82, 2.24) is 4.98 Å². The van der Waals surface area contributed by atoms with E-state index < -0.39 is 0 Å². The molecular weight excluding hydrogens is 413 g/mol. The minimum atomic E-state index is 0.0421. The van der Waals surface area contributed by atoms with Crippen LogP contribution in [0.4, 0.5) is 22.7 Å². The van der Waals surface area contributed by atoms with Crippen molar-refractivity contribution in [3.05, 3.63) is 115 Å². The second-order valence-electron chi connectivity index (χ2n) is 9.08. The number of hydrogen-bond acceptors (Lipinski definition) is 2. The first-order chi connectivity index (χ1) is 16.9. The summed E-state index contributed by atoms with van der Waals surface area (Å²) in [4.78, 5) is 8.80. The van der Waals surface area contributed by atoms with Gasteiger partial charge in [-0.25, -0.2) is 0 Å². The maximum atomic E-state index is 3.77.